The molecule has 130 valence electrons. The van der Waals surface area contributed by atoms with E-state index in [1.165, 1.54) is 0 Å². The molecular formula is C19H22N4O2. The Kier molecular flexibility index (Phi) is 3.75. The van der Waals surface area contributed by atoms with Gasteiger partial charge in [0.05, 0.1) is 13.2 Å². The minimum absolute atomic E-state index is 0.0416. The molecule has 1 fully saturated rings. The topological polar surface area (TPSA) is 61.1 Å². The third-order valence-electron chi connectivity index (χ3n) is 5.00. The van der Waals surface area contributed by atoms with Crippen LogP contribution in [0.1, 0.15) is 35.2 Å². The molecule has 3 aromatic rings. The number of rotatable bonds is 5. The third kappa shape index (κ3) is 2.77. The summed E-state index contributed by atoms with van der Waals surface area (Å²) in [7, 11) is 5.52. The number of imidazole rings is 1. The van der Waals surface area contributed by atoms with Crippen LogP contribution in [0, 0.1) is 5.92 Å². The van der Waals surface area contributed by atoms with Gasteiger partial charge in [0.25, 0.3) is 5.91 Å². The largest absolute Gasteiger partial charge is 0.497 e. The lowest BCUT2D eigenvalue weighted by atomic mass is 10.1. The molecule has 1 aliphatic rings. The Labute approximate surface area is 146 Å². The van der Waals surface area contributed by atoms with E-state index in [0.29, 0.717) is 11.6 Å². The van der Waals surface area contributed by atoms with Gasteiger partial charge < -0.3 is 19.2 Å². The van der Waals surface area contributed by atoms with E-state index in [4.69, 9.17) is 4.74 Å². The van der Waals surface area contributed by atoms with E-state index in [-0.39, 0.29) is 11.9 Å². The molecule has 1 N–H and O–H groups in total. The van der Waals surface area contributed by atoms with Gasteiger partial charge in [0.1, 0.15) is 17.3 Å². The molecule has 2 aromatic heterocycles. The molecule has 0 saturated heterocycles. The molecule has 0 bridgehead atoms. The van der Waals surface area contributed by atoms with Gasteiger partial charge in [-0.15, -0.1) is 0 Å². The lowest BCUT2D eigenvalue weighted by Crippen LogP contribution is -2.32. The van der Waals surface area contributed by atoms with Crippen LogP contribution >= 0.6 is 0 Å². The van der Waals surface area contributed by atoms with E-state index >= 15 is 0 Å². The molecule has 2 heterocycles. The van der Waals surface area contributed by atoms with Crippen molar-refractivity contribution >= 4 is 16.8 Å². The lowest BCUT2D eigenvalue weighted by molar-refractivity contribution is 0.0921. The Morgan fingerprint density at radius 3 is 2.76 bits per heavy atom. The third-order valence-corrected chi connectivity index (χ3v) is 5.00. The number of nitrogens with zero attached hydrogens (tertiary/aromatic N) is 3. The summed E-state index contributed by atoms with van der Waals surface area (Å²) < 4.78 is 9.18. The summed E-state index contributed by atoms with van der Waals surface area (Å²) in [6.45, 7) is 0. The predicted octanol–water partition coefficient (Wildman–Crippen LogP) is 2.80. The number of amides is 1. The van der Waals surface area contributed by atoms with Gasteiger partial charge in [0.15, 0.2) is 0 Å². The number of fused-ring (bicyclic) bond motifs is 1. The number of hydrogen-bond acceptors (Lipinski definition) is 3. The fraction of sp³-hybridized carbons (Fsp3) is 0.368. The molecule has 1 aromatic carbocycles. The zero-order chi connectivity index (χ0) is 17.6. The van der Waals surface area contributed by atoms with Gasteiger partial charge >= 0.3 is 0 Å². The van der Waals surface area contributed by atoms with Crippen molar-refractivity contribution in [2.75, 3.05) is 7.11 Å². The van der Waals surface area contributed by atoms with Crippen molar-refractivity contribution in [1.82, 2.24) is 19.4 Å². The van der Waals surface area contributed by atoms with Crippen LogP contribution in [0.15, 0.2) is 36.7 Å². The van der Waals surface area contributed by atoms with E-state index in [1.807, 2.05) is 53.7 Å². The molecule has 1 amide bonds. The van der Waals surface area contributed by atoms with Gasteiger partial charge in [-0.2, -0.15) is 0 Å². The maximum absolute atomic E-state index is 12.9. The van der Waals surface area contributed by atoms with Gasteiger partial charge in [-0.3, -0.25) is 4.79 Å². The maximum atomic E-state index is 12.9. The molecule has 6 heteroatoms. The summed E-state index contributed by atoms with van der Waals surface area (Å²) in [5, 5.41) is 4.19. The molecule has 6 nitrogen and oxygen atoms in total. The summed E-state index contributed by atoms with van der Waals surface area (Å²) in [6, 6.07) is 7.70. The van der Waals surface area contributed by atoms with Crippen LogP contribution in [0.3, 0.4) is 0 Å². The number of carbonyl (C=O) groups excluding carboxylic acids is 1. The van der Waals surface area contributed by atoms with Gasteiger partial charge in [0, 0.05) is 37.4 Å². The summed E-state index contributed by atoms with van der Waals surface area (Å²) in [5.74, 6) is 2.10. The first-order valence-electron chi connectivity index (χ1n) is 8.50. The summed E-state index contributed by atoms with van der Waals surface area (Å²) in [5.41, 5.74) is 1.65. The number of hydrogen-bond donors (Lipinski definition) is 1. The molecule has 0 spiro atoms. The van der Waals surface area contributed by atoms with Gasteiger partial charge in [-0.25, -0.2) is 4.98 Å². The second-order valence-corrected chi connectivity index (χ2v) is 6.70. The van der Waals surface area contributed by atoms with Crippen molar-refractivity contribution in [3.05, 3.63) is 48.2 Å². The van der Waals surface area contributed by atoms with E-state index in [0.717, 1.165) is 35.3 Å². The number of methoxy groups -OCH3 is 1. The summed E-state index contributed by atoms with van der Waals surface area (Å²) >= 11 is 0. The first-order valence-corrected chi connectivity index (χ1v) is 8.50. The number of nitrogens with one attached hydrogen (secondary N) is 1. The number of ether oxygens (including phenoxy) is 1. The molecule has 1 aliphatic carbocycles. The molecule has 0 radical (unpaired) electrons. The number of aryl methyl sites for hydroxylation is 2. The Morgan fingerprint density at radius 1 is 1.32 bits per heavy atom. The zero-order valence-electron chi connectivity index (χ0n) is 14.7. The molecule has 1 atom stereocenters. The first kappa shape index (κ1) is 15.7. The van der Waals surface area contributed by atoms with Gasteiger partial charge in [-0.1, -0.05) is 0 Å². The molecule has 25 heavy (non-hydrogen) atoms. The normalized spacial score (nSPS) is 15.3. The van der Waals surface area contributed by atoms with E-state index in [2.05, 4.69) is 10.3 Å². The highest BCUT2D eigenvalue weighted by Gasteiger charge is 2.36. The fourth-order valence-electron chi connectivity index (χ4n) is 3.39. The average molecular weight is 338 g/mol. The molecule has 0 aliphatic heterocycles. The summed E-state index contributed by atoms with van der Waals surface area (Å²) in [6.07, 6.45) is 5.95. The molecule has 1 saturated carbocycles. The van der Waals surface area contributed by atoms with Crippen LogP contribution in [0.4, 0.5) is 0 Å². The summed E-state index contributed by atoms with van der Waals surface area (Å²) in [4.78, 5) is 17.4. The predicted molar refractivity (Wildman–Crippen MR) is 95.6 cm³/mol. The van der Waals surface area contributed by atoms with Crippen LogP contribution in [0.2, 0.25) is 0 Å². The average Bonchev–Trinajstić information content (AvgIpc) is 3.29. The number of benzene rings is 1. The van der Waals surface area contributed by atoms with Crippen molar-refractivity contribution in [3.63, 3.8) is 0 Å². The monoisotopic (exact) mass is 338 g/mol. The highest BCUT2D eigenvalue weighted by atomic mass is 16.5. The second-order valence-electron chi connectivity index (χ2n) is 6.70. The van der Waals surface area contributed by atoms with Crippen molar-refractivity contribution < 1.29 is 9.53 Å². The van der Waals surface area contributed by atoms with Crippen LogP contribution in [-0.4, -0.2) is 27.1 Å². The van der Waals surface area contributed by atoms with E-state index in [9.17, 15) is 4.79 Å². The Hall–Kier alpha value is -2.76. The van der Waals surface area contributed by atoms with Gasteiger partial charge in [0.2, 0.25) is 0 Å². The van der Waals surface area contributed by atoms with E-state index in [1.54, 1.807) is 13.3 Å². The van der Waals surface area contributed by atoms with Crippen molar-refractivity contribution in [2.45, 2.75) is 18.9 Å². The second kappa shape index (κ2) is 5.95. The van der Waals surface area contributed by atoms with Crippen molar-refractivity contribution in [3.8, 4) is 5.75 Å². The van der Waals surface area contributed by atoms with Crippen molar-refractivity contribution in [1.29, 1.82) is 0 Å². The first-order chi connectivity index (χ1) is 12.1. The number of carbonyl (C=O) groups is 1. The molecule has 0 unspecified atom stereocenters. The fourth-order valence-corrected chi connectivity index (χ4v) is 3.39. The quantitative estimate of drug-likeness (QED) is 0.778. The SMILES string of the molecule is COc1ccc2c(c1)cc(C(=O)N[C@@H](c1nccn1C)C1CC1)n2C. The molecule has 4 rings (SSSR count). The van der Waals surface area contributed by atoms with Crippen molar-refractivity contribution in [2.24, 2.45) is 20.0 Å². The number of aromatic nitrogens is 3. The van der Waals surface area contributed by atoms with Crippen LogP contribution in [0.5, 0.6) is 5.75 Å². The van der Waals surface area contributed by atoms with E-state index < -0.39 is 0 Å². The lowest BCUT2D eigenvalue weighted by Gasteiger charge is -2.18. The Morgan fingerprint density at radius 2 is 2.12 bits per heavy atom. The smallest absolute Gasteiger partial charge is 0.268 e. The Bertz CT molecular complexity index is 936. The standard InChI is InChI=1S/C19H22N4O2/c1-22-9-8-20-18(22)17(12-4-5-12)21-19(24)16-11-13-10-14(25-3)6-7-15(13)23(16)2/h6-12,17H,4-5H2,1-3H3,(H,21,24)/t17-/m1/s1. The van der Waals surface area contributed by atoms with Crippen LogP contribution in [0.25, 0.3) is 10.9 Å². The van der Waals surface area contributed by atoms with Gasteiger partial charge in [-0.05, 0) is 43.0 Å². The highest BCUT2D eigenvalue weighted by molar-refractivity contribution is 5.99. The maximum Gasteiger partial charge on any atom is 0.268 e. The minimum Gasteiger partial charge on any atom is -0.497 e. The van der Waals surface area contributed by atoms with Crippen LogP contribution in [-0.2, 0) is 14.1 Å². The highest BCUT2D eigenvalue weighted by Crippen LogP contribution is 2.40. The minimum atomic E-state index is -0.0717. The Balaban J connectivity index is 1.65. The molecular weight excluding hydrogens is 316 g/mol. The zero-order valence-corrected chi connectivity index (χ0v) is 14.7. The van der Waals surface area contributed by atoms with Crippen LogP contribution < -0.4 is 10.1 Å².